The van der Waals surface area contributed by atoms with Gasteiger partial charge in [-0.25, -0.2) is 4.39 Å². The largest absolute Gasteiger partial charge is 0.427 e. The van der Waals surface area contributed by atoms with Crippen LogP contribution < -0.4 is 9.91 Å². The van der Waals surface area contributed by atoms with Crippen LogP contribution in [-0.2, 0) is 0 Å². The second-order valence-corrected chi connectivity index (χ2v) is 2.12. The fourth-order valence-electron chi connectivity index (χ4n) is 0.774. The fraction of sp³-hybridized carbons (Fsp3) is 0.143. The highest BCUT2D eigenvalue weighted by Gasteiger charge is 2.15. The van der Waals surface area contributed by atoms with E-state index in [1.165, 1.54) is 5.18 Å². The molecule has 1 aromatic rings. The first kappa shape index (κ1) is 9.50. The smallest absolute Gasteiger partial charge is 0.387 e. The third-order valence-electron chi connectivity index (χ3n) is 1.27. The van der Waals surface area contributed by atoms with Crippen LogP contribution in [0.15, 0.2) is 18.2 Å². The lowest BCUT2D eigenvalue weighted by atomic mass is 10.3. The SMILES string of the molecule is O=[NH+]c1ccc(F)cc1OC(F)F. The monoisotopic (exact) mass is 192 g/mol. The summed E-state index contributed by atoms with van der Waals surface area (Å²) in [6.07, 6.45) is 0. The van der Waals surface area contributed by atoms with Gasteiger partial charge in [0.15, 0.2) is 0 Å². The summed E-state index contributed by atoms with van der Waals surface area (Å²) in [6.45, 7) is -3.09. The molecule has 1 rings (SSSR count). The molecule has 0 atom stereocenters. The second kappa shape index (κ2) is 3.88. The maximum absolute atomic E-state index is 12.5. The molecule has 6 heteroatoms. The normalized spacial score (nSPS) is 10.2. The Labute approximate surface area is 71.1 Å². The molecule has 13 heavy (non-hydrogen) atoms. The standard InChI is InChI=1S/C7H4F3NO2/c8-4-1-2-5(11-12)6(3-4)13-7(9)10/h1-3,7H/p+1. The summed E-state index contributed by atoms with van der Waals surface area (Å²) >= 11 is 0. The van der Waals surface area contributed by atoms with Crippen LogP contribution in [0.4, 0.5) is 18.9 Å². The molecule has 1 aromatic carbocycles. The fourth-order valence-corrected chi connectivity index (χ4v) is 0.774. The van der Waals surface area contributed by atoms with E-state index in [0.29, 0.717) is 6.07 Å². The molecule has 0 bridgehead atoms. The zero-order valence-corrected chi connectivity index (χ0v) is 6.26. The first-order valence-corrected chi connectivity index (χ1v) is 3.26. The zero-order valence-electron chi connectivity index (χ0n) is 6.26. The van der Waals surface area contributed by atoms with E-state index in [1.807, 2.05) is 0 Å². The molecule has 0 aliphatic carbocycles. The Morgan fingerprint density at radius 1 is 1.38 bits per heavy atom. The van der Waals surface area contributed by atoms with Crippen molar-refractivity contribution in [2.45, 2.75) is 6.61 Å². The van der Waals surface area contributed by atoms with Gasteiger partial charge in [0.2, 0.25) is 5.75 Å². The second-order valence-electron chi connectivity index (χ2n) is 2.12. The minimum absolute atomic E-state index is 0.235. The molecule has 0 unspecified atom stereocenters. The lowest BCUT2D eigenvalue weighted by Crippen LogP contribution is -2.55. The van der Waals surface area contributed by atoms with Gasteiger partial charge in [-0.3, -0.25) is 0 Å². The van der Waals surface area contributed by atoms with E-state index in [-0.39, 0.29) is 5.69 Å². The number of alkyl halides is 2. The van der Waals surface area contributed by atoms with Crippen molar-refractivity contribution in [3.8, 4) is 5.75 Å². The molecular weight excluding hydrogens is 187 g/mol. The van der Waals surface area contributed by atoms with Gasteiger partial charge in [-0.05, 0) is 6.07 Å². The maximum Gasteiger partial charge on any atom is 0.387 e. The van der Waals surface area contributed by atoms with Crippen molar-refractivity contribution in [1.82, 2.24) is 0 Å². The average Bonchev–Trinajstić information content (AvgIpc) is 2.03. The zero-order chi connectivity index (χ0) is 9.84. The van der Waals surface area contributed by atoms with Gasteiger partial charge in [0.05, 0.1) is 0 Å². The van der Waals surface area contributed by atoms with E-state index in [0.717, 1.165) is 12.1 Å². The molecule has 0 radical (unpaired) electrons. The molecule has 0 amide bonds. The Morgan fingerprint density at radius 2 is 2.08 bits per heavy atom. The number of nitroso groups, excluding NO2 is 1. The molecule has 0 aromatic heterocycles. The predicted octanol–water partition coefficient (Wildman–Crippen LogP) is 0.906. The van der Waals surface area contributed by atoms with E-state index in [1.54, 1.807) is 0 Å². The summed E-state index contributed by atoms with van der Waals surface area (Å²) in [5.41, 5.74) is -0.235. The molecule has 0 aliphatic heterocycles. The minimum Gasteiger partial charge on any atom is -0.427 e. The first-order valence-electron chi connectivity index (χ1n) is 3.26. The molecule has 0 spiro atoms. The highest BCUT2D eigenvalue weighted by molar-refractivity contribution is 5.44. The Hall–Kier alpha value is -1.59. The van der Waals surface area contributed by atoms with Gasteiger partial charge in [-0.15, -0.1) is 0 Å². The highest BCUT2D eigenvalue weighted by atomic mass is 19.3. The average molecular weight is 192 g/mol. The molecule has 0 saturated carbocycles. The van der Waals surface area contributed by atoms with E-state index in [9.17, 15) is 18.1 Å². The van der Waals surface area contributed by atoms with Crippen molar-refractivity contribution in [3.05, 3.63) is 28.9 Å². The Balaban J connectivity index is 3.01. The van der Waals surface area contributed by atoms with Gasteiger partial charge in [-0.2, -0.15) is 8.78 Å². The molecule has 3 nitrogen and oxygen atoms in total. The topological polar surface area (TPSA) is 40.3 Å². The van der Waals surface area contributed by atoms with Gasteiger partial charge >= 0.3 is 6.61 Å². The van der Waals surface area contributed by atoms with E-state index < -0.39 is 18.2 Å². The van der Waals surface area contributed by atoms with Crippen molar-refractivity contribution in [3.63, 3.8) is 0 Å². The predicted molar refractivity (Wildman–Crippen MR) is 37.0 cm³/mol. The van der Waals surface area contributed by atoms with Crippen LogP contribution in [0.25, 0.3) is 0 Å². The van der Waals surface area contributed by atoms with E-state index in [4.69, 9.17) is 0 Å². The number of ether oxygens (including phenoxy) is 1. The number of halogens is 3. The summed E-state index contributed by atoms with van der Waals surface area (Å²) in [6, 6.07) is 2.67. The summed E-state index contributed by atoms with van der Waals surface area (Å²) in [7, 11) is 0. The van der Waals surface area contributed by atoms with Crippen molar-refractivity contribution < 1.29 is 23.1 Å². The molecule has 0 heterocycles. The van der Waals surface area contributed by atoms with Crippen LogP contribution in [0.5, 0.6) is 5.75 Å². The van der Waals surface area contributed by atoms with Gasteiger partial charge < -0.3 is 4.74 Å². The molecular formula is C7H5F3NO2+. The first-order chi connectivity index (χ1) is 6.13. The van der Waals surface area contributed by atoms with E-state index >= 15 is 0 Å². The molecule has 70 valence electrons. The number of hydrogen-bond donors (Lipinski definition) is 1. The summed E-state index contributed by atoms with van der Waals surface area (Å²) < 4.78 is 39.7. The maximum atomic E-state index is 12.5. The molecule has 0 saturated heterocycles. The van der Waals surface area contributed by atoms with Crippen LogP contribution in [0.1, 0.15) is 0 Å². The van der Waals surface area contributed by atoms with Gasteiger partial charge in [0.25, 0.3) is 5.69 Å². The van der Waals surface area contributed by atoms with Gasteiger partial charge in [-0.1, -0.05) is 0 Å². The summed E-state index contributed by atoms with van der Waals surface area (Å²) in [4.78, 5) is 10.1. The van der Waals surface area contributed by atoms with Gasteiger partial charge in [0, 0.05) is 22.2 Å². The Kier molecular flexibility index (Phi) is 2.84. The third-order valence-corrected chi connectivity index (χ3v) is 1.27. The van der Waals surface area contributed by atoms with Crippen molar-refractivity contribution >= 4 is 5.69 Å². The number of nitrogens with one attached hydrogen (secondary N) is 1. The molecule has 0 aliphatic rings. The van der Waals surface area contributed by atoms with Crippen LogP contribution in [0, 0.1) is 10.7 Å². The van der Waals surface area contributed by atoms with Gasteiger partial charge in [0.1, 0.15) is 5.82 Å². The lowest BCUT2D eigenvalue weighted by molar-refractivity contribution is -0.381. The van der Waals surface area contributed by atoms with E-state index in [2.05, 4.69) is 4.74 Å². The number of hydrogen-bond acceptors (Lipinski definition) is 2. The molecule has 1 N–H and O–H groups in total. The Morgan fingerprint density at radius 3 is 2.62 bits per heavy atom. The quantitative estimate of drug-likeness (QED) is 0.773. The summed E-state index contributed by atoms with van der Waals surface area (Å²) in [5, 5.41) is 1.35. The van der Waals surface area contributed by atoms with Crippen LogP contribution in [0.3, 0.4) is 0 Å². The summed E-state index contributed by atoms with van der Waals surface area (Å²) in [5.74, 6) is -1.26. The van der Waals surface area contributed by atoms with Crippen LogP contribution >= 0.6 is 0 Å². The molecule has 0 fully saturated rings. The van der Waals surface area contributed by atoms with Crippen molar-refractivity contribution in [2.24, 2.45) is 0 Å². The minimum atomic E-state index is -3.09. The van der Waals surface area contributed by atoms with Crippen LogP contribution in [-0.4, -0.2) is 6.61 Å². The van der Waals surface area contributed by atoms with Crippen molar-refractivity contribution in [1.29, 1.82) is 0 Å². The Bertz CT molecular complexity index is 317. The highest BCUT2D eigenvalue weighted by Crippen LogP contribution is 2.22. The third kappa shape index (κ3) is 2.43. The number of rotatable bonds is 3. The van der Waals surface area contributed by atoms with Crippen molar-refractivity contribution in [2.75, 3.05) is 0 Å². The lowest BCUT2D eigenvalue weighted by Gasteiger charge is -2.02. The number of benzene rings is 1. The van der Waals surface area contributed by atoms with Crippen LogP contribution in [0.2, 0.25) is 0 Å².